The number of carbonyl (C=O) groups excluding carboxylic acids is 2. The van der Waals surface area contributed by atoms with Crippen LogP contribution >= 0.6 is 0 Å². The number of methoxy groups -OCH3 is 1. The third kappa shape index (κ3) is 6.21. The number of aromatic nitrogens is 1. The first kappa shape index (κ1) is 27.3. The summed E-state index contributed by atoms with van der Waals surface area (Å²) in [6.07, 6.45) is 9.40. The lowest BCUT2D eigenvalue weighted by Crippen LogP contribution is -2.52. The molecule has 2 heterocycles. The van der Waals surface area contributed by atoms with E-state index in [-0.39, 0.29) is 29.4 Å². The van der Waals surface area contributed by atoms with Gasteiger partial charge in [-0.2, -0.15) is 0 Å². The number of hydrogen-bond donors (Lipinski definition) is 1. The van der Waals surface area contributed by atoms with Crippen LogP contribution in [0.2, 0.25) is 0 Å². The summed E-state index contributed by atoms with van der Waals surface area (Å²) in [5.74, 6) is -0.197. The summed E-state index contributed by atoms with van der Waals surface area (Å²) < 4.78 is 5.52. The third-order valence-corrected chi connectivity index (χ3v) is 7.93. The number of carbonyl (C=O) groups is 2. The van der Waals surface area contributed by atoms with E-state index in [1.165, 1.54) is 12.0 Å². The molecule has 0 bridgehead atoms. The first-order valence-corrected chi connectivity index (χ1v) is 13.6. The Kier molecular flexibility index (Phi) is 8.65. The summed E-state index contributed by atoms with van der Waals surface area (Å²) >= 11 is 0. The molecule has 200 valence electrons. The van der Waals surface area contributed by atoms with Crippen LogP contribution in [0.4, 0.5) is 5.69 Å². The smallest absolute Gasteiger partial charge is 0.250 e. The fourth-order valence-corrected chi connectivity index (χ4v) is 5.55. The molecule has 2 aliphatic rings. The highest BCUT2D eigenvalue weighted by Gasteiger charge is 2.41. The largest absolute Gasteiger partial charge is 0.380 e. The molecule has 2 amide bonds. The second-order valence-electron chi connectivity index (χ2n) is 11.5. The monoisotopic (exact) mass is 506 g/mol. The van der Waals surface area contributed by atoms with Gasteiger partial charge in [-0.1, -0.05) is 58.2 Å². The Bertz CT molecular complexity index is 1040. The van der Waals surface area contributed by atoms with E-state index in [4.69, 9.17) is 4.74 Å². The van der Waals surface area contributed by atoms with Crippen LogP contribution < -0.4 is 10.2 Å². The number of rotatable bonds is 7. The molecule has 1 aliphatic carbocycles. The second-order valence-corrected chi connectivity index (χ2v) is 11.5. The lowest BCUT2D eigenvalue weighted by Gasteiger charge is -2.38. The van der Waals surface area contributed by atoms with E-state index in [9.17, 15) is 9.59 Å². The van der Waals surface area contributed by atoms with E-state index < -0.39 is 12.1 Å². The van der Waals surface area contributed by atoms with E-state index in [1.54, 1.807) is 24.4 Å². The number of pyridine rings is 1. The molecule has 1 unspecified atom stereocenters. The average molecular weight is 507 g/mol. The molecule has 2 aromatic rings. The fraction of sp³-hybridized carbons (Fsp3) is 0.567. The first-order chi connectivity index (χ1) is 17.7. The van der Waals surface area contributed by atoms with Crippen molar-refractivity contribution in [2.75, 3.05) is 25.6 Å². The maximum Gasteiger partial charge on any atom is 0.250 e. The Morgan fingerprint density at radius 2 is 1.78 bits per heavy atom. The predicted octanol–water partition coefficient (Wildman–Crippen LogP) is 4.62. The van der Waals surface area contributed by atoms with Crippen molar-refractivity contribution in [2.45, 2.75) is 88.9 Å². The summed E-state index contributed by atoms with van der Waals surface area (Å²) in [4.78, 5) is 36.4. The number of likely N-dealkylation sites (N-methyl/N-ethyl adjacent to an activating group) is 1. The molecule has 3 atom stereocenters. The Morgan fingerprint density at radius 1 is 1.08 bits per heavy atom. The zero-order valence-corrected chi connectivity index (χ0v) is 22.9. The molecule has 4 rings (SSSR count). The summed E-state index contributed by atoms with van der Waals surface area (Å²) in [7, 11) is 3.56. The maximum absolute atomic E-state index is 14.3. The molecule has 7 nitrogen and oxygen atoms in total. The lowest BCUT2D eigenvalue weighted by molar-refractivity contribution is -0.136. The van der Waals surface area contributed by atoms with Gasteiger partial charge in [-0.05, 0) is 48.4 Å². The van der Waals surface area contributed by atoms with Crippen LogP contribution in [-0.4, -0.2) is 60.6 Å². The highest BCUT2D eigenvalue weighted by atomic mass is 16.5. The molecule has 37 heavy (non-hydrogen) atoms. The van der Waals surface area contributed by atoms with Crippen molar-refractivity contribution in [3.8, 4) is 0 Å². The van der Waals surface area contributed by atoms with Gasteiger partial charge >= 0.3 is 0 Å². The van der Waals surface area contributed by atoms with Gasteiger partial charge in [0.2, 0.25) is 11.8 Å². The predicted molar refractivity (Wildman–Crippen MR) is 146 cm³/mol. The Balaban J connectivity index is 1.77. The van der Waals surface area contributed by atoms with Crippen molar-refractivity contribution in [1.29, 1.82) is 0 Å². The molecule has 1 saturated heterocycles. The number of hydrogen-bond acceptors (Lipinski definition) is 5. The Labute approximate surface area is 221 Å². The van der Waals surface area contributed by atoms with Crippen molar-refractivity contribution < 1.29 is 14.3 Å². The highest BCUT2D eigenvalue weighted by molar-refractivity contribution is 6.04. The van der Waals surface area contributed by atoms with Crippen LogP contribution in [0, 0.1) is 0 Å². The van der Waals surface area contributed by atoms with Crippen LogP contribution in [0.25, 0.3) is 0 Å². The molecule has 1 saturated carbocycles. The fourth-order valence-electron chi connectivity index (χ4n) is 5.55. The second kappa shape index (κ2) is 11.7. The van der Waals surface area contributed by atoms with E-state index in [0.29, 0.717) is 24.2 Å². The SMILES string of the molecule is CO[C@@H]1CN[C@@H](C(=O)N(c2ccc(C(C)(C)C)cc2)C(C(=O)N(C)C2CCCCC2)c2cccnc2)C1. The summed E-state index contributed by atoms with van der Waals surface area (Å²) in [6, 6.07) is 10.7. The van der Waals surface area contributed by atoms with Crippen LogP contribution in [0.3, 0.4) is 0 Å². The number of benzene rings is 1. The standard InChI is InChI=1S/C30H42N4O3/c1-30(2,3)22-13-15-24(16-14-22)34(28(35)26-18-25(37-5)20-32-26)27(21-10-9-17-31-19-21)29(36)33(4)23-11-7-6-8-12-23/h9-10,13-17,19,23,25-27,32H,6-8,11-12,18,20H2,1-5H3/t25-,26+,27?/m0/s1. The van der Waals surface area contributed by atoms with E-state index in [0.717, 1.165) is 25.7 Å². The number of nitrogens with zero attached hydrogens (tertiary/aromatic N) is 3. The third-order valence-electron chi connectivity index (χ3n) is 7.93. The zero-order chi connectivity index (χ0) is 26.6. The van der Waals surface area contributed by atoms with Crippen LogP contribution in [0.1, 0.15) is 76.5 Å². The molecule has 2 fully saturated rings. The van der Waals surface area contributed by atoms with Gasteiger partial charge in [-0.25, -0.2) is 0 Å². The van der Waals surface area contributed by atoms with Crippen molar-refractivity contribution in [2.24, 2.45) is 0 Å². The van der Waals surface area contributed by atoms with E-state index in [1.807, 2.05) is 36.2 Å². The minimum atomic E-state index is -0.808. The number of nitrogens with one attached hydrogen (secondary N) is 1. The molecule has 1 N–H and O–H groups in total. The van der Waals surface area contributed by atoms with Gasteiger partial charge in [-0.15, -0.1) is 0 Å². The van der Waals surface area contributed by atoms with Crippen LogP contribution in [-0.2, 0) is 19.7 Å². The minimum absolute atomic E-state index is 0.0220. The number of ether oxygens (including phenoxy) is 1. The molecule has 0 spiro atoms. The summed E-state index contributed by atoms with van der Waals surface area (Å²) in [5, 5.41) is 3.32. The topological polar surface area (TPSA) is 74.8 Å². The van der Waals surface area contributed by atoms with Crippen LogP contribution in [0.5, 0.6) is 0 Å². The lowest BCUT2D eigenvalue weighted by atomic mass is 9.87. The van der Waals surface area contributed by atoms with Gasteiger partial charge in [0.25, 0.3) is 0 Å². The van der Waals surface area contributed by atoms with Gasteiger partial charge < -0.3 is 15.0 Å². The molecule has 7 heteroatoms. The van der Waals surface area contributed by atoms with Gasteiger partial charge in [-0.3, -0.25) is 19.5 Å². The van der Waals surface area contributed by atoms with Gasteiger partial charge in [0.05, 0.1) is 12.1 Å². The van der Waals surface area contributed by atoms with Crippen molar-refractivity contribution in [1.82, 2.24) is 15.2 Å². The molecule has 0 radical (unpaired) electrons. The van der Waals surface area contributed by atoms with E-state index >= 15 is 0 Å². The highest BCUT2D eigenvalue weighted by Crippen LogP contribution is 2.34. The normalized spacial score (nSPS) is 21.4. The van der Waals surface area contributed by atoms with Gasteiger partial charge in [0.1, 0.15) is 6.04 Å². The summed E-state index contributed by atoms with van der Waals surface area (Å²) in [6.45, 7) is 7.11. The molecular formula is C30H42N4O3. The molecule has 1 aliphatic heterocycles. The first-order valence-electron chi connectivity index (χ1n) is 13.6. The van der Waals surface area contributed by atoms with E-state index in [2.05, 4.69) is 43.2 Å². The van der Waals surface area contributed by atoms with Crippen molar-refractivity contribution in [3.05, 3.63) is 59.9 Å². The Hall–Kier alpha value is -2.77. The van der Waals surface area contributed by atoms with Gasteiger partial charge in [0.15, 0.2) is 0 Å². The van der Waals surface area contributed by atoms with Gasteiger partial charge in [0, 0.05) is 50.4 Å². The number of anilines is 1. The minimum Gasteiger partial charge on any atom is -0.380 e. The van der Waals surface area contributed by atoms with Crippen molar-refractivity contribution >= 4 is 17.5 Å². The number of amides is 2. The van der Waals surface area contributed by atoms with Crippen LogP contribution in [0.15, 0.2) is 48.8 Å². The summed E-state index contributed by atoms with van der Waals surface area (Å²) in [5.41, 5.74) is 2.57. The Morgan fingerprint density at radius 3 is 2.35 bits per heavy atom. The zero-order valence-electron chi connectivity index (χ0n) is 22.9. The molecule has 1 aromatic carbocycles. The molecular weight excluding hydrogens is 464 g/mol. The maximum atomic E-state index is 14.3. The molecule has 1 aromatic heterocycles. The quantitative estimate of drug-likeness (QED) is 0.593. The average Bonchev–Trinajstić information content (AvgIpc) is 3.41. The van der Waals surface area contributed by atoms with Crippen molar-refractivity contribution in [3.63, 3.8) is 0 Å².